The summed E-state index contributed by atoms with van der Waals surface area (Å²) in [5.74, 6) is -0.764. The van der Waals surface area contributed by atoms with Crippen LogP contribution >= 0.6 is 0 Å². The van der Waals surface area contributed by atoms with Crippen LogP contribution in [0.15, 0.2) is 104 Å². The molecular formula is C41H26N6O2. The fraction of sp³-hybridized carbons (Fsp3) is 0.0732. The van der Waals surface area contributed by atoms with Crippen molar-refractivity contribution in [3.05, 3.63) is 148 Å². The molecule has 49 heavy (non-hydrogen) atoms. The van der Waals surface area contributed by atoms with Crippen LogP contribution in [0.25, 0.3) is 54.6 Å². The van der Waals surface area contributed by atoms with Gasteiger partial charge in [0, 0.05) is 46.7 Å². The van der Waals surface area contributed by atoms with Crippen LogP contribution < -0.4 is 4.90 Å². The summed E-state index contributed by atoms with van der Waals surface area (Å²) in [5.41, 5.74) is 9.81. The van der Waals surface area contributed by atoms with Crippen molar-refractivity contribution in [3.8, 4) is 34.0 Å². The molecule has 0 bridgehead atoms. The lowest BCUT2D eigenvalue weighted by Gasteiger charge is -2.20. The number of anilines is 1. The molecule has 2 amide bonds. The summed E-state index contributed by atoms with van der Waals surface area (Å²) < 4.78 is 2.01. The fourth-order valence-corrected chi connectivity index (χ4v) is 7.40. The number of aromatic nitrogens is 3. The number of hydrogen-bond acceptors (Lipinski definition) is 5. The number of hydrogen-bond donors (Lipinski definition) is 0. The Morgan fingerprint density at radius 3 is 1.96 bits per heavy atom. The Morgan fingerprint density at radius 1 is 0.714 bits per heavy atom. The maximum absolute atomic E-state index is 14.5. The second kappa shape index (κ2) is 11.1. The molecule has 4 heterocycles. The molecule has 0 saturated heterocycles. The quantitative estimate of drug-likeness (QED) is 0.142. The van der Waals surface area contributed by atoms with Crippen molar-refractivity contribution in [2.75, 3.05) is 4.90 Å². The van der Waals surface area contributed by atoms with Gasteiger partial charge in [0.15, 0.2) is 5.69 Å². The number of nitrogens with zero attached hydrogens (tertiary/aromatic N) is 6. The topological polar surface area (TPSA) is 96.2 Å². The first kappa shape index (κ1) is 29.5. The number of carbonyl (C=O) groups excluding carboxylic acids is 2. The van der Waals surface area contributed by atoms with Gasteiger partial charge >= 0.3 is 0 Å². The first-order valence-corrected chi connectivity index (χ1v) is 15.7. The van der Waals surface area contributed by atoms with Crippen molar-refractivity contribution in [2.24, 2.45) is 0 Å². The van der Waals surface area contributed by atoms with E-state index in [9.17, 15) is 14.9 Å². The normalized spacial score (nSPS) is 12.4. The van der Waals surface area contributed by atoms with E-state index in [1.54, 1.807) is 49.1 Å². The van der Waals surface area contributed by atoms with E-state index in [2.05, 4.69) is 20.9 Å². The van der Waals surface area contributed by atoms with Crippen LogP contribution in [-0.4, -0.2) is 26.3 Å². The van der Waals surface area contributed by atoms with Crippen molar-refractivity contribution in [3.63, 3.8) is 0 Å². The molecule has 0 aliphatic carbocycles. The molecule has 232 valence electrons. The van der Waals surface area contributed by atoms with E-state index in [-0.39, 0.29) is 5.91 Å². The Kier molecular flexibility index (Phi) is 6.69. The molecule has 8 nitrogen and oxygen atoms in total. The number of pyridine rings is 2. The van der Waals surface area contributed by atoms with Crippen molar-refractivity contribution < 1.29 is 9.59 Å². The molecule has 8 heteroatoms. The van der Waals surface area contributed by atoms with Crippen LogP contribution in [0, 0.1) is 38.7 Å². The van der Waals surface area contributed by atoms with Gasteiger partial charge in [0.05, 0.1) is 51.7 Å². The summed E-state index contributed by atoms with van der Waals surface area (Å²) in [5, 5.41) is 11.7. The summed E-state index contributed by atoms with van der Waals surface area (Å²) in [4.78, 5) is 42.4. The molecule has 0 atom stereocenters. The van der Waals surface area contributed by atoms with E-state index in [1.165, 1.54) is 4.90 Å². The maximum Gasteiger partial charge on any atom is 0.268 e. The summed E-state index contributed by atoms with van der Waals surface area (Å²) in [6, 6.07) is 26.7. The first-order valence-electron chi connectivity index (χ1n) is 15.7. The van der Waals surface area contributed by atoms with Gasteiger partial charge in [0.2, 0.25) is 0 Å². The van der Waals surface area contributed by atoms with Crippen molar-refractivity contribution in [1.29, 1.82) is 5.26 Å². The number of rotatable bonds is 4. The average Bonchev–Trinajstić information content (AvgIpc) is 3.59. The SMILES string of the molecule is [C-]#[N+]c1ccncc1-c1cccc2c1c1c(-c3cnccc3C#N)cccc1n2-c1cccc2c1C(=O)N(c1c(C)cc(C)cc1C)C2=O. The van der Waals surface area contributed by atoms with Crippen LogP contribution in [0.5, 0.6) is 0 Å². The smallest absolute Gasteiger partial charge is 0.268 e. The molecule has 1 aliphatic rings. The molecule has 0 N–H and O–H groups in total. The van der Waals surface area contributed by atoms with Gasteiger partial charge in [-0.25, -0.2) is 9.74 Å². The predicted molar refractivity (Wildman–Crippen MR) is 190 cm³/mol. The third-order valence-corrected chi connectivity index (χ3v) is 9.25. The Balaban J connectivity index is 1.49. The second-order valence-electron chi connectivity index (χ2n) is 12.2. The monoisotopic (exact) mass is 634 g/mol. The third kappa shape index (κ3) is 4.28. The van der Waals surface area contributed by atoms with Gasteiger partial charge in [-0.15, -0.1) is 0 Å². The zero-order valence-electron chi connectivity index (χ0n) is 26.8. The number of benzene rings is 4. The molecule has 0 unspecified atom stereocenters. The van der Waals surface area contributed by atoms with Crippen LogP contribution in [0.4, 0.5) is 11.4 Å². The van der Waals surface area contributed by atoms with Crippen LogP contribution in [0.1, 0.15) is 43.0 Å². The lowest BCUT2D eigenvalue weighted by Crippen LogP contribution is -2.31. The minimum atomic E-state index is -0.394. The standard InChI is InChI=1S/C41H26N6O2/c1-23-18-24(2)39(25(3)19-23)47-40(48)29-10-7-13-35(38(29)41(47)49)46-33-11-5-8-27(30-21-44-16-14-26(30)20-42)36(33)37-28(9-6-12-34(37)46)31-22-45-17-15-32(31)43-4/h5-19,21-22H,1-3H3. The molecule has 0 fully saturated rings. The third-order valence-electron chi connectivity index (χ3n) is 9.25. The van der Waals surface area contributed by atoms with E-state index in [1.807, 2.05) is 79.9 Å². The first-order chi connectivity index (χ1) is 23.8. The highest BCUT2D eigenvalue weighted by atomic mass is 16.2. The largest absolute Gasteiger partial charge is 0.308 e. The zero-order chi connectivity index (χ0) is 34.0. The van der Waals surface area contributed by atoms with Gasteiger partial charge < -0.3 is 4.57 Å². The van der Waals surface area contributed by atoms with Gasteiger partial charge in [0.1, 0.15) is 0 Å². The van der Waals surface area contributed by atoms with Crippen LogP contribution in [-0.2, 0) is 0 Å². The molecule has 0 spiro atoms. The zero-order valence-corrected chi connectivity index (χ0v) is 26.8. The van der Waals surface area contributed by atoms with E-state index < -0.39 is 5.91 Å². The Bertz CT molecular complexity index is 2530. The van der Waals surface area contributed by atoms with Gasteiger partial charge in [-0.1, -0.05) is 48.0 Å². The number of nitriles is 1. The van der Waals surface area contributed by atoms with Crippen molar-refractivity contribution in [2.45, 2.75) is 20.8 Å². The highest BCUT2D eigenvalue weighted by Gasteiger charge is 2.40. The molecule has 4 aromatic carbocycles. The van der Waals surface area contributed by atoms with Crippen LogP contribution in [0.3, 0.4) is 0 Å². The summed E-state index contributed by atoms with van der Waals surface area (Å²) in [7, 11) is 0. The molecule has 7 aromatic rings. The molecule has 0 saturated carbocycles. The number of carbonyl (C=O) groups is 2. The summed E-state index contributed by atoms with van der Waals surface area (Å²) in [6.07, 6.45) is 6.55. The molecule has 8 rings (SSSR count). The molecule has 1 aliphatic heterocycles. The molecular weight excluding hydrogens is 608 g/mol. The number of aryl methyl sites for hydroxylation is 3. The number of fused-ring (bicyclic) bond motifs is 4. The van der Waals surface area contributed by atoms with E-state index in [4.69, 9.17) is 6.57 Å². The number of imide groups is 1. The Morgan fingerprint density at radius 2 is 1.31 bits per heavy atom. The predicted octanol–water partition coefficient (Wildman–Crippen LogP) is 9.06. The van der Waals surface area contributed by atoms with Gasteiger partial charge in [-0.2, -0.15) is 5.26 Å². The van der Waals surface area contributed by atoms with E-state index in [0.29, 0.717) is 44.9 Å². The average molecular weight is 635 g/mol. The fourth-order valence-electron chi connectivity index (χ4n) is 7.40. The minimum Gasteiger partial charge on any atom is -0.308 e. The van der Waals surface area contributed by atoms with Crippen molar-refractivity contribution in [1.82, 2.24) is 14.5 Å². The minimum absolute atomic E-state index is 0.309. The Labute approximate surface area is 282 Å². The lowest BCUT2D eigenvalue weighted by atomic mass is 9.94. The summed E-state index contributed by atoms with van der Waals surface area (Å²) in [6.45, 7) is 13.7. The maximum atomic E-state index is 14.5. The van der Waals surface area contributed by atoms with Gasteiger partial charge in [-0.05, 0) is 79.4 Å². The van der Waals surface area contributed by atoms with E-state index >= 15 is 0 Å². The highest BCUT2D eigenvalue weighted by Crippen LogP contribution is 2.46. The highest BCUT2D eigenvalue weighted by molar-refractivity contribution is 6.36. The molecule has 0 radical (unpaired) electrons. The lowest BCUT2D eigenvalue weighted by molar-refractivity contribution is 0.0925. The Hall–Kier alpha value is -6.90. The number of amides is 2. The van der Waals surface area contributed by atoms with E-state index in [0.717, 1.165) is 49.6 Å². The van der Waals surface area contributed by atoms with Gasteiger partial charge in [0.25, 0.3) is 11.8 Å². The van der Waals surface area contributed by atoms with Crippen molar-refractivity contribution >= 4 is 45.0 Å². The summed E-state index contributed by atoms with van der Waals surface area (Å²) >= 11 is 0. The molecule has 3 aromatic heterocycles. The second-order valence-corrected chi connectivity index (χ2v) is 12.2. The van der Waals surface area contributed by atoms with Gasteiger partial charge in [-0.3, -0.25) is 19.6 Å². The van der Waals surface area contributed by atoms with Crippen LogP contribution in [0.2, 0.25) is 0 Å².